The van der Waals surface area contributed by atoms with Crippen molar-refractivity contribution in [3.05, 3.63) is 65.5 Å². The van der Waals surface area contributed by atoms with Crippen LogP contribution in [0.15, 0.2) is 48.5 Å². The molecular weight excluding hydrogens is 253 g/mol. The van der Waals surface area contributed by atoms with Gasteiger partial charge in [0.15, 0.2) is 0 Å². The molecule has 0 heterocycles. The second-order valence-corrected chi connectivity index (χ2v) is 5.02. The molecule has 0 bridgehead atoms. The summed E-state index contributed by atoms with van der Waals surface area (Å²) in [5.41, 5.74) is 2.53. The number of carbonyl (C=O) groups is 1. The van der Waals surface area contributed by atoms with E-state index < -0.39 is 0 Å². The zero-order valence-corrected chi connectivity index (χ0v) is 11.7. The lowest BCUT2D eigenvalue weighted by Crippen LogP contribution is -2.15. The third-order valence-corrected chi connectivity index (χ3v) is 3.32. The van der Waals surface area contributed by atoms with Gasteiger partial charge in [-0.1, -0.05) is 37.3 Å². The van der Waals surface area contributed by atoms with Crippen molar-refractivity contribution in [2.45, 2.75) is 26.2 Å². The Kier molecular flexibility index (Phi) is 4.51. The van der Waals surface area contributed by atoms with Crippen LogP contribution in [-0.4, -0.2) is 5.91 Å². The lowest BCUT2D eigenvalue weighted by molar-refractivity contribution is -0.116. The number of halogens is 1. The second kappa shape index (κ2) is 6.33. The van der Waals surface area contributed by atoms with Crippen molar-refractivity contribution in [1.29, 1.82) is 0 Å². The van der Waals surface area contributed by atoms with Crippen molar-refractivity contribution in [2.75, 3.05) is 5.32 Å². The minimum atomic E-state index is -0.293. The Labute approximate surface area is 118 Å². The molecule has 2 aromatic rings. The van der Waals surface area contributed by atoms with E-state index in [0.29, 0.717) is 12.1 Å². The topological polar surface area (TPSA) is 29.1 Å². The van der Waals surface area contributed by atoms with Gasteiger partial charge in [0.05, 0.1) is 0 Å². The fourth-order valence-corrected chi connectivity index (χ4v) is 2.15. The maximum Gasteiger partial charge on any atom is 0.224 e. The van der Waals surface area contributed by atoms with Crippen molar-refractivity contribution in [1.82, 2.24) is 0 Å². The zero-order valence-electron chi connectivity index (χ0n) is 11.7. The van der Waals surface area contributed by atoms with E-state index in [1.807, 2.05) is 37.3 Å². The highest BCUT2D eigenvalue weighted by Gasteiger charge is 2.12. The van der Waals surface area contributed by atoms with E-state index in [1.165, 1.54) is 12.1 Å². The normalized spacial score (nSPS) is 11.9. The number of carbonyl (C=O) groups excluding carboxylic acids is 1. The van der Waals surface area contributed by atoms with Crippen LogP contribution in [-0.2, 0) is 4.79 Å². The van der Waals surface area contributed by atoms with Gasteiger partial charge in [-0.3, -0.25) is 4.79 Å². The van der Waals surface area contributed by atoms with Gasteiger partial charge in [-0.25, -0.2) is 4.39 Å². The van der Waals surface area contributed by atoms with Crippen molar-refractivity contribution < 1.29 is 9.18 Å². The van der Waals surface area contributed by atoms with Gasteiger partial charge < -0.3 is 5.32 Å². The Bertz CT molecular complexity index is 595. The molecule has 1 atom stereocenters. The smallest absolute Gasteiger partial charge is 0.224 e. The maximum atomic E-state index is 13.0. The third kappa shape index (κ3) is 3.67. The van der Waals surface area contributed by atoms with E-state index in [9.17, 15) is 9.18 Å². The first-order chi connectivity index (χ1) is 9.56. The Morgan fingerprint density at radius 2 is 1.90 bits per heavy atom. The predicted octanol–water partition coefficient (Wildman–Crippen LogP) is 4.27. The Balaban J connectivity index is 1.99. The highest BCUT2D eigenvalue weighted by molar-refractivity contribution is 5.91. The Morgan fingerprint density at radius 3 is 2.55 bits per heavy atom. The van der Waals surface area contributed by atoms with E-state index in [-0.39, 0.29) is 17.6 Å². The van der Waals surface area contributed by atoms with Gasteiger partial charge in [0.2, 0.25) is 5.91 Å². The summed E-state index contributed by atoms with van der Waals surface area (Å²) >= 11 is 0. The highest BCUT2D eigenvalue weighted by atomic mass is 19.1. The minimum Gasteiger partial charge on any atom is -0.326 e. The van der Waals surface area contributed by atoms with Crippen molar-refractivity contribution >= 4 is 11.6 Å². The molecule has 2 aromatic carbocycles. The maximum absolute atomic E-state index is 13.0. The van der Waals surface area contributed by atoms with E-state index in [1.54, 1.807) is 13.0 Å². The molecule has 1 unspecified atom stereocenters. The van der Waals surface area contributed by atoms with Crippen LogP contribution in [0, 0.1) is 12.7 Å². The molecule has 2 nitrogen and oxygen atoms in total. The van der Waals surface area contributed by atoms with Crippen molar-refractivity contribution in [3.8, 4) is 0 Å². The summed E-state index contributed by atoms with van der Waals surface area (Å²) in [6.07, 6.45) is 0.404. The first kappa shape index (κ1) is 14.3. The first-order valence-electron chi connectivity index (χ1n) is 6.67. The van der Waals surface area contributed by atoms with Crippen LogP contribution in [0.1, 0.15) is 30.4 Å². The zero-order chi connectivity index (χ0) is 14.5. The number of hydrogen-bond donors (Lipinski definition) is 1. The molecule has 0 radical (unpaired) electrons. The fraction of sp³-hybridized carbons (Fsp3) is 0.235. The lowest BCUT2D eigenvalue weighted by Gasteiger charge is -2.13. The van der Waals surface area contributed by atoms with Crippen molar-refractivity contribution in [3.63, 3.8) is 0 Å². The standard InChI is InChI=1S/C17H18FNO/c1-12(14-6-4-3-5-7-14)11-17(20)19-16-9-8-15(18)10-13(16)2/h3-10,12H,11H2,1-2H3,(H,19,20). The fourth-order valence-electron chi connectivity index (χ4n) is 2.15. The van der Waals surface area contributed by atoms with E-state index in [2.05, 4.69) is 5.32 Å². The molecule has 1 amide bonds. The quantitative estimate of drug-likeness (QED) is 0.884. The number of aryl methyl sites for hydroxylation is 1. The molecule has 0 saturated heterocycles. The summed E-state index contributed by atoms with van der Waals surface area (Å²) in [4.78, 5) is 12.0. The van der Waals surface area contributed by atoms with Crippen LogP contribution in [0.2, 0.25) is 0 Å². The molecule has 0 aliphatic rings. The molecule has 104 valence electrons. The van der Waals surface area contributed by atoms with Crippen molar-refractivity contribution in [2.24, 2.45) is 0 Å². The summed E-state index contributed by atoms with van der Waals surface area (Å²) in [6, 6.07) is 14.3. The summed E-state index contributed by atoms with van der Waals surface area (Å²) in [5.74, 6) is -0.203. The summed E-state index contributed by atoms with van der Waals surface area (Å²) < 4.78 is 13.0. The number of rotatable bonds is 4. The van der Waals surface area contributed by atoms with Gasteiger partial charge in [0.1, 0.15) is 5.82 Å². The SMILES string of the molecule is Cc1cc(F)ccc1NC(=O)CC(C)c1ccccc1. The van der Waals surface area contributed by atoms with Crippen LogP contribution in [0.3, 0.4) is 0 Å². The predicted molar refractivity (Wildman–Crippen MR) is 79.2 cm³/mol. The molecule has 20 heavy (non-hydrogen) atoms. The van der Waals surface area contributed by atoms with E-state index >= 15 is 0 Å². The minimum absolute atomic E-state index is 0.0592. The molecule has 0 aliphatic heterocycles. The van der Waals surface area contributed by atoms with Gasteiger partial charge in [0, 0.05) is 12.1 Å². The molecular formula is C17H18FNO. The Hall–Kier alpha value is -2.16. The average molecular weight is 271 g/mol. The number of amides is 1. The number of hydrogen-bond acceptors (Lipinski definition) is 1. The molecule has 1 N–H and O–H groups in total. The average Bonchev–Trinajstić information content (AvgIpc) is 2.43. The molecule has 0 fully saturated rings. The van der Waals surface area contributed by atoms with Gasteiger partial charge in [-0.05, 0) is 42.2 Å². The van der Waals surface area contributed by atoms with Gasteiger partial charge in [0.25, 0.3) is 0 Å². The summed E-state index contributed by atoms with van der Waals surface area (Å²) in [6.45, 7) is 3.80. The molecule has 2 rings (SSSR count). The first-order valence-corrected chi connectivity index (χ1v) is 6.67. The van der Waals surface area contributed by atoms with E-state index in [0.717, 1.165) is 11.1 Å². The lowest BCUT2D eigenvalue weighted by atomic mass is 9.97. The second-order valence-electron chi connectivity index (χ2n) is 5.02. The van der Waals surface area contributed by atoms with Crippen LogP contribution in [0.25, 0.3) is 0 Å². The van der Waals surface area contributed by atoms with Crippen LogP contribution >= 0.6 is 0 Å². The largest absolute Gasteiger partial charge is 0.326 e. The molecule has 0 aromatic heterocycles. The van der Waals surface area contributed by atoms with Crippen LogP contribution in [0.4, 0.5) is 10.1 Å². The number of benzene rings is 2. The highest BCUT2D eigenvalue weighted by Crippen LogP contribution is 2.21. The van der Waals surface area contributed by atoms with E-state index in [4.69, 9.17) is 0 Å². The molecule has 0 aliphatic carbocycles. The van der Waals surface area contributed by atoms with Crippen LogP contribution < -0.4 is 5.32 Å². The summed E-state index contributed by atoms with van der Waals surface area (Å²) in [5, 5.41) is 2.83. The van der Waals surface area contributed by atoms with Gasteiger partial charge >= 0.3 is 0 Å². The Morgan fingerprint density at radius 1 is 1.20 bits per heavy atom. The number of anilines is 1. The number of nitrogens with one attached hydrogen (secondary N) is 1. The van der Waals surface area contributed by atoms with Gasteiger partial charge in [-0.15, -0.1) is 0 Å². The molecule has 0 saturated carbocycles. The molecule has 0 spiro atoms. The third-order valence-electron chi connectivity index (χ3n) is 3.32. The van der Waals surface area contributed by atoms with Gasteiger partial charge in [-0.2, -0.15) is 0 Å². The monoisotopic (exact) mass is 271 g/mol. The van der Waals surface area contributed by atoms with Crippen LogP contribution in [0.5, 0.6) is 0 Å². The molecule has 3 heteroatoms. The summed E-state index contributed by atoms with van der Waals surface area (Å²) in [7, 11) is 0.